The molecule has 1 aromatic heterocycles. The Morgan fingerprint density at radius 2 is 1.30 bits per heavy atom. The quantitative estimate of drug-likeness (QED) is 0.749. The van der Waals surface area contributed by atoms with E-state index >= 15 is 0 Å². The van der Waals surface area contributed by atoms with E-state index in [0.717, 1.165) is 22.5 Å². The molecule has 5 heteroatoms. The van der Waals surface area contributed by atoms with Crippen LogP contribution < -0.4 is 10.2 Å². The number of benzene rings is 2. The predicted molar refractivity (Wildman–Crippen MR) is 109 cm³/mol. The largest absolute Gasteiger partial charge is 0.347 e. The van der Waals surface area contributed by atoms with E-state index in [1.165, 1.54) is 0 Å². The zero-order chi connectivity index (χ0) is 19.4. The summed E-state index contributed by atoms with van der Waals surface area (Å²) < 4.78 is 0. The van der Waals surface area contributed by atoms with Gasteiger partial charge >= 0.3 is 0 Å². The highest BCUT2D eigenvalue weighted by Crippen LogP contribution is 2.28. The molecular formula is C22H24N4O. The third-order valence-electron chi connectivity index (χ3n) is 4.44. The lowest BCUT2D eigenvalue weighted by atomic mass is 9.90. The van der Waals surface area contributed by atoms with Gasteiger partial charge in [0.15, 0.2) is 0 Å². The molecule has 0 aliphatic rings. The van der Waals surface area contributed by atoms with E-state index in [1.54, 1.807) is 0 Å². The lowest BCUT2D eigenvalue weighted by Gasteiger charge is -2.20. The molecule has 3 rings (SSSR count). The van der Waals surface area contributed by atoms with Crippen LogP contribution in [0.3, 0.4) is 0 Å². The molecular weight excluding hydrogens is 336 g/mol. The number of anilines is 2. The van der Waals surface area contributed by atoms with E-state index in [9.17, 15) is 4.79 Å². The molecule has 1 amide bonds. The Kier molecular flexibility index (Phi) is 5.50. The predicted octanol–water partition coefficient (Wildman–Crippen LogP) is 3.93. The van der Waals surface area contributed by atoms with Crippen LogP contribution in [0.1, 0.15) is 28.4 Å². The molecule has 0 aliphatic heterocycles. The third-order valence-corrected chi connectivity index (χ3v) is 4.44. The van der Waals surface area contributed by atoms with Crippen molar-refractivity contribution in [3.8, 4) is 0 Å². The minimum atomic E-state index is -0.403. The standard InChI is InChI=1S/C22H24N4O/c1-15-20(16(2)24-22(23-15)26(3)4)25-21(27)19(17-11-7-5-8-12-17)18-13-9-6-10-14-18/h5-14,19H,1-4H3,(H,25,27). The van der Waals surface area contributed by atoms with Crippen LogP contribution in [-0.4, -0.2) is 30.0 Å². The van der Waals surface area contributed by atoms with E-state index in [0.29, 0.717) is 11.6 Å². The fraction of sp³-hybridized carbons (Fsp3) is 0.227. The Morgan fingerprint density at radius 1 is 0.852 bits per heavy atom. The van der Waals surface area contributed by atoms with E-state index in [1.807, 2.05) is 93.5 Å². The Morgan fingerprint density at radius 3 is 1.70 bits per heavy atom. The van der Waals surface area contributed by atoms with Crippen molar-refractivity contribution in [2.24, 2.45) is 0 Å². The van der Waals surface area contributed by atoms with Crippen LogP contribution in [0.15, 0.2) is 60.7 Å². The van der Waals surface area contributed by atoms with Gasteiger partial charge in [0.25, 0.3) is 0 Å². The molecule has 0 saturated carbocycles. The van der Waals surface area contributed by atoms with Gasteiger partial charge < -0.3 is 10.2 Å². The van der Waals surface area contributed by atoms with Crippen LogP contribution in [-0.2, 0) is 4.79 Å². The van der Waals surface area contributed by atoms with Gasteiger partial charge in [-0.05, 0) is 25.0 Å². The van der Waals surface area contributed by atoms with Gasteiger partial charge in [-0.1, -0.05) is 60.7 Å². The number of carbonyl (C=O) groups excluding carboxylic acids is 1. The molecule has 1 N–H and O–H groups in total. The van der Waals surface area contributed by atoms with Crippen molar-refractivity contribution in [2.75, 3.05) is 24.3 Å². The van der Waals surface area contributed by atoms with Gasteiger partial charge in [-0.2, -0.15) is 0 Å². The van der Waals surface area contributed by atoms with Crippen molar-refractivity contribution < 1.29 is 4.79 Å². The average molecular weight is 360 g/mol. The molecule has 0 unspecified atom stereocenters. The van der Waals surface area contributed by atoms with Crippen LogP contribution in [0.5, 0.6) is 0 Å². The summed E-state index contributed by atoms with van der Waals surface area (Å²) >= 11 is 0. The zero-order valence-corrected chi connectivity index (χ0v) is 16.1. The molecule has 0 atom stereocenters. The maximum absolute atomic E-state index is 13.3. The first-order chi connectivity index (χ1) is 13.0. The lowest BCUT2D eigenvalue weighted by molar-refractivity contribution is -0.116. The summed E-state index contributed by atoms with van der Waals surface area (Å²) in [5.41, 5.74) is 4.06. The molecule has 138 valence electrons. The van der Waals surface area contributed by atoms with Crippen molar-refractivity contribution in [1.82, 2.24) is 9.97 Å². The number of aryl methyl sites for hydroxylation is 2. The van der Waals surface area contributed by atoms with E-state index in [4.69, 9.17) is 0 Å². The van der Waals surface area contributed by atoms with Gasteiger partial charge in [-0.15, -0.1) is 0 Å². The Hall–Kier alpha value is -3.21. The molecule has 27 heavy (non-hydrogen) atoms. The minimum Gasteiger partial charge on any atom is -0.347 e. The molecule has 5 nitrogen and oxygen atoms in total. The number of hydrogen-bond donors (Lipinski definition) is 1. The number of nitrogens with zero attached hydrogens (tertiary/aromatic N) is 3. The van der Waals surface area contributed by atoms with Gasteiger partial charge in [0.2, 0.25) is 11.9 Å². The molecule has 0 aliphatic carbocycles. The smallest absolute Gasteiger partial charge is 0.236 e. The number of hydrogen-bond acceptors (Lipinski definition) is 4. The van der Waals surface area contributed by atoms with E-state index in [-0.39, 0.29) is 5.91 Å². The average Bonchev–Trinajstić information content (AvgIpc) is 2.66. The number of carbonyl (C=O) groups is 1. The first-order valence-electron chi connectivity index (χ1n) is 8.90. The topological polar surface area (TPSA) is 58.1 Å². The third kappa shape index (κ3) is 4.14. The van der Waals surface area contributed by atoms with E-state index < -0.39 is 5.92 Å². The van der Waals surface area contributed by atoms with Crippen LogP contribution >= 0.6 is 0 Å². The highest BCUT2D eigenvalue weighted by Gasteiger charge is 2.24. The number of rotatable bonds is 5. The maximum Gasteiger partial charge on any atom is 0.236 e. The van der Waals surface area contributed by atoms with Crippen LogP contribution in [0, 0.1) is 13.8 Å². The zero-order valence-electron chi connectivity index (χ0n) is 16.1. The second-order valence-electron chi connectivity index (χ2n) is 6.71. The Labute approximate surface area is 160 Å². The van der Waals surface area contributed by atoms with Gasteiger partial charge in [0, 0.05) is 14.1 Å². The van der Waals surface area contributed by atoms with Crippen molar-refractivity contribution in [2.45, 2.75) is 19.8 Å². The first kappa shape index (κ1) is 18.6. The molecule has 1 heterocycles. The van der Waals surface area contributed by atoms with Gasteiger partial charge in [-0.3, -0.25) is 4.79 Å². The molecule has 0 saturated heterocycles. The molecule has 2 aromatic carbocycles. The summed E-state index contributed by atoms with van der Waals surface area (Å²) in [5.74, 6) is 0.130. The summed E-state index contributed by atoms with van der Waals surface area (Å²) in [6.07, 6.45) is 0. The molecule has 0 bridgehead atoms. The van der Waals surface area contributed by atoms with Crippen LogP contribution in [0.25, 0.3) is 0 Å². The van der Waals surface area contributed by atoms with Crippen molar-refractivity contribution in [1.29, 1.82) is 0 Å². The summed E-state index contributed by atoms with van der Waals surface area (Å²) in [7, 11) is 3.79. The minimum absolute atomic E-state index is 0.0974. The first-order valence-corrected chi connectivity index (χ1v) is 8.90. The monoisotopic (exact) mass is 360 g/mol. The van der Waals surface area contributed by atoms with Crippen LogP contribution in [0.4, 0.5) is 11.6 Å². The summed E-state index contributed by atoms with van der Waals surface area (Å²) in [5, 5.41) is 3.06. The van der Waals surface area contributed by atoms with Gasteiger partial charge in [-0.25, -0.2) is 9.97 Å². The van der Waals surface area contributed by atoms with Gasteiger partial charge in [0.05, 0.1) is 23.0 Å². The second kappa shape index (κ2) is 7.99. The summed E-state index contributed by atoms with van der Waals surface area (Å²) in [4.78, 5) is 24.1. The van der Waals surface area contributed by atoms with Crippen molar-refractivity contribution in [3.05, 3.63) is 83.2 Å². The summed E-state index contributed by atoms with van der Waals surface area (Å²) in [6, 6.07) is 19.6. The Bertz CT molecular complexity index is 861. The lowest BCUT2D eigenvalue weighted by Crippen LogP contribution is -2.24. The van der Waals surface area contributed by atoms with Crippen molar-refractivity contribution in [3.63, 3.8) is 0 Å². The second-order valence-corrected chi connectivity index (χ2v) is 6.71. The normalized spacial score (nSPS) is 10.7. The fourth-order valence-electron chi connectivity index (χ4n) is 3.06. The van der Waals surface area contributed by atoms with Gasteiger partial charge in [0.1, 0.15) is 0 Å². The Balaban J connectivity index is 1.97. The summed E-state index contributed by atoms with van der Waals surface area (Å²) in [6.45, 7) is 3.77. The fourth-order valence-corrected chi connectivity index (χ4v) is 3.06. The highest BCUT2D eigenvalue weighted by atomic mass is 16.1. The molecule has 3 aromatic rings. The number of amides is 1. The molecule has 0 spiro atoms. The number of aromatic nitrogens is 2. The number of nitrogens with one attached hydrogen (secondary N) is 1. The van der Waals surface area contributed by atoms with Crippen LogP contribution in [0.2, 0.25) is 0 Å². The van der Waals surface area contributed by atoms with Crippen molar-refractivity contribution >= 4 is 17.5 Å². The van der Waals surface area contributed by atoms with E-state index in [2.05, 4.69) is 15.3 Å². The highest BCUT2D eigenvalue weighted by molar-refractivity contribution is 5.99. The molecule has 0 radical (unpaired) electrons. The molecule has 0 fully saturated rings. The SMILES string of the molecule is Cc1nc(N(C)C)nc(C)c1NC(=O)C(c1ccccc1)c1ccccc1. The maximum atomic E-state index is 13.3.